The largest absolute Gasteiger partial charge is 0.312 e. The normalized spacial score (nSPS) is 26.4. The maximum atomic E-state index is 3.65. The first-order valence-corrected chi connectivity index (χ1v) is 7.35. The summed E-state index contributed by atoms with van der Waals surface area (Å²) in [6.07, 6.45) is 4.09. The first-order chi connectivity index (χ1) is 8.83. The van der Waals surface area contributed by atoms with Crippen LogP contribution in [0.3, 0.4) is 0 Å². The molecular weight excluding hydrogens is 220 g/mol. The molecular formula is C16H24N2. The lowest BCUT2D eigenvalue weighted by Crippen LogP contribution is -2.39. The third kappa shape index (κ3) is 2.93. The Morgan fingerprint density at radius 1 is 1.22 bits per heavy atom. The Hall–Kier alpha value is -0.860. The van der Waals surface area contributed by atoms with E-state index in [1.807, 2.05) is 0 Å². The molecule has 2 nitrogen and oxygen atoms in total. The van der Waals surface area contributed by atoms with Crippen LogP contribution >= 0.6 is 0 Å². The molecule has 18 heavy (non-hydrogen) atoms. The number of hydrogen-bond donors (Lipinski definition) is 1. The molecule has 1 saturated carbocycles. The second-order valence-electron chi connectivity index (χ2n) is 5.92. The summed E-state index contributed by atoms with van der Waals surface area (Å²) in [6.45, 7) is 6.01. The molecule has 1 aliphatic heterocycles. The average molecular weight is 244 g/mol. The zero-order valence-corrected chi connectivity index (χ0v) is 11.3. The van der Waals surface area contributed by atoms with Crippen LogP contribution in [0.2, 0.25) is 0 Å². The minimum Gasteiger partial charge on any atom is -0.312 e. The Labute approximate surface area is 110 Å². The zero-order valence-electron chi connectivity index (χ0n) is 11.3. The fourth-order valence-corrected chi connectivity index (χ4v) is 2.94. The lowest BCUT2D eigenvalue weighted by atomic mass is 9.99. The van der Waals surface area contributed by atoms with Gasteiger partial charge >= 0.3 is 0 Å². The molecule has 1 aromatic carbocycles. The smallest absolute Gasteiger partial charge is 0.0192 e. The Balaban J connectivity index is 1.51. The Kier molecular flexibility index (Phi) is 3.67. The van der Waals surface area contributed by atoms with E-state index in [1.165, 1.54) is 37.9 Å². The summed E-state index contributed by atoms with van der Waals surface area (Å²) in [7, 11) is 0. The Morgan fingerprint density at radius 2 is 2.00 bits per heavy atom. The van der Waals surface area contributed by atoms with Gasteiger partial charge < -0.3 is 5.32 Å². The van der Waals surface area contributed by atoms with E-state index in [1.54, 1.807) is 0 Å². The Morgan fingerprint density at radius 3 is 2.72 bits per heavy atom. The van der Waals surface area contributed by atoms with E-state index in [4.69, 9.17) is 0 Å². The van der Waals surface area contributed by atoms with Crippen molar-refractivity contribution in [3.8, 4) is 0 Å². The van der Waals surface area contributed by atoms with Gasteiger partial charge in [-0.15, -0.1) is 0 Å². The molecule has 1 heterocycles. The van der Waals surface area contributed by atoms with Gasteiger partial charge in [0.15, 0.2) is 0 Å². The van der Waals surface area contributed by atoms with Crippen molar-refractivity contribution in [3.63, 3.8) is 0 Å². The minimum atomic E-state index is 0.680. The van der Waals surface area contributed by atoms with Gasteiger partial charge in [-0.05, 0) is 44.2 Å². The molecule has 2 atom stereocenters. The van der Waals surface area contributed by atoms with Gasteiger partial charge in [0.25, 0.3) is 0 Å². The first-order valence-electron chi connectivity index (χ1n) is 7.35. The molecule has 2 fully saturated rings. The summed E-state index contributed by atoms with van der Waals surface area (Å²) in [6, 6.07) is 12.5. The molecule has 2 aliphatic rings. The van der Waals surface area contributed by atoms with Gasteiger partial charge in [0.1, 0.15) is 0 Å². The van der Waals surface area contributed by atoms with Crippen molar-refractivity contribution in [2.75, 3.05) is 19.6 Å². The van der Waals surface area contributed by atoms with Crippen LogP contribution in [0.25, 0.3) is 0 Å². The van der Waals surface area contributed by atoms with Crippen molar-refractivity contribution in [1.82, 2.24) is 10.2 Å². The van der Waals surface area contributed by atoms with Gasteiger partial charge in [-0.1, -0.05) is 30.3 Å². The van der Waals surface area contributed by atoms with E-state index < -0.39 is 0 Å². The van der Waals surface area contributed by atoms with E-state index in [0.29, 0.717) is 6.04 Å². The van der Waals surface area contributed by atoms with Gasteiger partial charge in [0.2, 0.25) is 0 Å². The highest BCUT2D eigenvalue weighted by atomic mass is 15.2. The molecule has 3 rings (SSSR count). The number of nitrogens with one attached hydrogen (secondary N) is 1. The van der Waals surface area contributed by atoms with Gasteiger partial charge in [-0.3, -0.25) is 4.90 Å². The fraction of sp³-hybridized carbons (Fsp3) is 0.625. The molecule has 1 N–H and O–H groups in total. The highest BCUT2D eigenvalue weighted by Crippen LogP contribution is 2.28. The lowest BCUT2D eigenvalue weighted by Gasteiger charge is -2.24. The molecule has 1 saturated heterocycles. The molecule has 0 amide bonds. The minimum absolute atomic E-state index is 0.680. The van der Waals surface area contributed by atoms with Gasteiger partial charge in [0.05, 0.1) is 0 Å². The van der Waals surface area contributed by atoms with Gasteiger partial charge in [-0.2, -0.15) is 0 Å². The number of likely N-dealkylation sites (tertiary alicyclic amines) is 1. The number of hydrogen-bond acceptors (Lipinski definition) is 2. The number of nitrogens with zero attached hydrogens (tertiary/aromatic N) is 1. The van der Waals surface area contributed by atoms with Gasteiger partial charge in [0, 0.05) is 25.2 Å². The predicted molar refractivity (Wildman–Crippen MR) is 75.9 cm³/mol. The number of rotatable bonds is 5. The second kappa shape index (κ2) is 5.41. The summed E-state index contributed by atoms with van der Waals surface area (Å²) in [5, 5.41) is 3.65. The number of benzene rings is 1. The Bertz CT molecular complexity index is 372. The lowest BCUT2D eigenvalue weighted by molar-refractivity contribution is 0.248. The predicted octanol–water partition coefficient (Wildman–Crippen LogP) is 2.62. The maximum Gasteiger partial charge on any atom is 0.0192 e. The van der Waals surface area contributed by atoms with Crippen molar-refractivity contribution in [2.45, 2.75) is 44.2 Å². The second-order valence-corrected chi connectivity index (χ2v) is 5.92. The first kappa shape index (κ1) is 12.2. The van der Waals surface area contributed by atoms with E-state index in [2.05, 4.69) is 47.5 Å². The maximum absolute atomic E-state index is 3.65. The molecule has 2 unspecified atom stereocenters. The van der Waals surface area contributed by atoms with Crippen molar-refractivity contribution in [3.05, 3.63) is 35.9 Å². The fourth-order valence-electron chi connectivity index (χ4n) is 2.94. The van der Waals surface area contributed by atoms with Crippen molar-refractivity contribution >= 4 is 0 Å². The topological polar surface area (TPSA) is 15.3 Å². The van der Waals surface area contributed by atoms with Crippen LogP contribution in [0.15, 0.2) is 30.3 Å². The molecule has 0 spiro atoms. The molecule has 0 bridgehead atoms. The quantitative estimate of drug-likeness (QED) is 0.856. The standard InChI is InChI=1S/C16H24N2/c1-13(11-17-16-7-8-16)18-10-9-15(12-18)14-5-3-2-4-6-14/h2-6,13,15-17H,7-12H2,1H3. The third-order valence-electron chi connectivity index (χ3n) is 4.39. The SMILES string of the molecule is CC(CNC1CC1)N1CCC(c2ccccc2)C1. The highest BCUT2D eigenvalue weighted by molar-refractivity contribution is 5.21. The summed E-state index contributed by atoms with van der Waals surface area (Å²) < 4.78 is 0. The molecule has 2 heteroatoms. The van der Waals surface area contributed by atoms with Crippen LogP contribution in [0.5, 0.6) is 0 Å². The van der Waals surface area contributed by atoms with E-state index >= 15 is 0 Å². The summed E-state index contributed by atoms with van der Waals surface area (Å²) in [5.41, 5.74) is 1.52. The van der Waals surface area contributed by atoms with Crippen LogP contribution in [-0.4, -0.2) is 36.6 Å². The van der Waals surface area contributed by atoms with E-state index in [-0.39, 0.29) is 0 Å². The molecule has 0 aromatic heterocycles. The van der Waals surface area contributed by atoms with Crippen LogP contribution in [-0.2, 0) is 0 Å². The molecule has 1 aliphatic carbocycles. The van der Waals surface area contributed by atoms with Crippen LogP contribution in [0, 0.1) is 0 Å². The summed E-state index contributed by atoms with van der Waals surface area (Å²) in [4.78, 5) is 2.65. The van der Waals surface area contributed by atoms with Crippen molar-refractivity contribution < 1.29 is 0 Å². The third-order valence-corrected chi connectivity index (χ3v) is 4.39. The van der Waals surface area contributed by atoms with Crippen molar-refractivity contribution in [1.29, 1.82) is 0 Å². The molecule has 98 valence electrons. The highest BCUT2D eigenvalue weighted by Gasteiger charge is 2.28. The van der Waals surface area contributed by atoms with Crippen LogP contribution < -0.4 is 5.32 Å². The molecule has 1 aromatic rings. The summed E-state index contributed by atoms with van der Waals surface area (Å²) >= 11 is 0. The molecule has 0 radical (unpaired) electrons. The van der Waals surface area contributed by atoms with E-state index in [9.17, 15) is 0 Å². The monoisotopic (exact) mass is 244 g/mol. The van der Waals surface area contributed by atoms with Gasteiger partial charge in [-0.25, -0.2) is 0 Å². The van der Waals surface area contributed by atoms with Crippen LogP contribution in [0.1, 0.15) is 37.7 Å². The van der Waals surface area contributed by atoms with Crippen molar-refractivity contribution in [2.24, 2.45) is 0 Å². The zero-order chi connectivity index (χ0) is 12.4. The van der Waals surface area contributed by atoms with E-state index in [0.717, 1.165) is 18.5 Å². The summed E-state index contributed by atoms with van der Waals surface area (Å²) in [5.74, 6) is 0.745. The average Bonchev–Trinajstić information content (AvgIpc) is 3.11. The van der Waals surface area contributed by atoms with Crippen LogP contribution in [0.4, 0.5) is 0 Å².